The molecule has 1 aromatic heterocycles. The molecule has 3 rings (SSSR count). The molecule has 0 radical (unpaired) electrons. The van der Waals surface area contributed by atoms with Gasteiger partial charge in [0.2, 0.25) is 0 Å². The van der Waals surface area contributed by atoms with E-state index in [2.05, 4.69) is 11.4 Å². The molecule has 2 heterocycles. The smallest absolute Gasteiger partial charge is 0.263 e. The molecule has 1 aromatic rings. The van der Waals surface area contributed by atoms with Gasteiger partial charge in [-0.3, -0.25) is 4.79 Å². The highest BCUT2D eigenvalue weighted by Crippen LogP contribution is 2.30. The average Bonchev–Trinajstić information content (AvgIpc) is 2.64. The minimum Gasteiger partial charge on any atom is -0.337 e. The van der Waals surface area contributed by atoms with Gasteiger partial charge in [-0.2, -0.15) is 0 Å². The van der Waals surface area contributed by atoms with Gasteiger partial charge in [-0.15, -0.1) is 11.3 Å². The molecule has 4 heteroatoms. The Labute approximate surface area is 112 Å². The fourth-order valence-electron chi connectivity index (χ4n) is 2.80. The van der Waals surface area contributed by atoms with E-state index in [4.69, 9.17) is 0 Å². The van der Waals surface area contributed by atoms with Crippen LogP contribution in [0.2, 0.25) is 0 Å². The number of aryl methyl sites for hydroxylation is 2. The van der Waals surface area contributed by atoms with E-state index < -0.39 is 0 Å². The Morgan fingerprint density at radius 2 is 2.06 bits per heavy atom. The van der Waals surface area contributed by atoms with Crippen LogP contribution in [0.1, 0.15) is 39.4 Å². The normalized spacial score (nSPS) is 20.3. The molecule has 0 aromatic carbocycles. The van der Waals surface area contributed by atoms with Gasteiger partial charge in [0.1, 0.15) is 0 Å². The highest BCUT2D eigenvalue weighted by atomic mass is 32.1. The van der Waals surface area contributed by atoms with Crippen molar-refractivity contribution in [2.24, 2.45) is 0 Å². The van der Waals surface area contributed by atoms with Crippen molar-refractivity contribution in [2.45, 2.75) is 32.1 Å². The van der Waals surface area contributed by atoms with Gasteiger partial charge >= 0.3 is 0 Å². The van der Waals surface area contributed by atoms with Crippen LogP contribution in [0, 0.1) is 0 Å². The fourth-order valence-corrected chi connectivity index (χ4v) is 4.02. The first-order valence-corrected chi connectivity index (χ1v) is 7.78. The van der Waals surface area contributed by atoms with Crippen molar-refractivity contribution in [1.29, 1.82) is 0 Å². The molecular weight excluding hydrogens is 244 g/mol. The number of fused-ring (bicyclic) bond motifs is 1. The van der Waals surface area contributed by atoms with Crippen molar-refractivity contribution in [2.75, 3.05) is 26.2 Å². The van der Waals surface area contributed by atoms with Gasteiger partial charge in [-0.25, -0.2) is 0 Å². The summed E-state index contributed by atoms with van der Waals surface area (Å²) in [6.45, 7) is 3.71. The van der Waals surface area contributed by atoms with Gasteiger partial charge in [0, 0.05) is 24.5 Å². The van der Waals surface area contributed by atoms with E-state index in [0.717, 1.165) is 37.5 Å². The molecule has 2 aliphatic rings. The zero-order valence-electron chi connectivity index (χ0n) is 10.7. The maximum absolute atomic E-state index is 12.5. The fraction of sp³-hybridized carbons (Fsp3) is 0.643. The molecule has 0 unspecified atom stereocenters. The monoisotopic (exact) mass is 264 g/mol. The van der Waals surface area contributed by atoms with Crippen LogP contribution in [0.5, 0.6) is 0 Å². The Morgan fingerprint density at radius 3 is 2.94 bits per heavy atom. The molecule has 0 bridgehead atoms. The standard InChI is InChI=1S/C14H20N2OS/c17-14(16-8-3-6-15-7-9-16)13-10-11-4-1-2-5-12(11)18-13/h10,15H,1-9H2. The van der Waals surface area contributed by atoms with E-state index in [1.165, 1.54) is 36.1 Å². The van der Waals surface area contributed by atoms with Crippen molar-refractivity contribution in [3.8, 4) is 0 Å². The first-order chi connectivity index (χ1) is 8.84. The number of thiophene rings is 1. The molecule has 1 saturated heterocycles. The molecule has 18 heavy (non-hydrogen) atoms. The van der Waals surface area contributed by atoms with Crippen LogP contribution in [0.15, 0.2) is 6.07 Å². The lowest BCUT2D eigenvalue weighted by atomic mass is 9.99. The number of hydrogen-bond donors (Lipinski definition) is 1. The maximum Gasteiger partial charge on any atom is 0.263 e. The van der Waals surface area contributed by atoms with E-state index in [1.807, 2.05) is 4.90 Å². The summed E-state index contributed by atoms with van der Waals surface area (Å²) in [5.41, 5.74) is 1.43. The molecule has 3 nitrogen and oxygen atoms in total. The van der Waals surface area contributed by atoms with Crippen LogP contribution in [0.3, 0.4) is 0 Å². The van der Waals surface area contributed by atoms with Gasteiger partial charge in [0.15, 0.2) is 0 Å². The molecule has 1 aliphatic carbocycles. The first kappa shape index (κ1) is 12.2. The van der Waals surface area contributed by atoms with E-state index in [9.17, 15) is 4.79 Å². The SMILES string of the molecule is O=C(c1cc2c(s1)CCCC2)N1CCCNCC1. The second kappa shape index (κ2) is 5.41. The van der Waals surface area contributed by atoms with Gasteiger partial charge in [0.05, 0.1) is 4.88 Å². The summed E-state index contributed by atoms with van der Waals surface area (Å²) in [5.74, 6) is 0.248. The minimum atomic E-state index is 0.248. The summed E-state index contributed by atoms with van der Waals surface area (Å²) in [6.07, 6.45) is 5.98. The molecule has 1 N–H and O–H groups in total. The molecular formula is C14H20N2OS. The summed E-state index contributed by atoms with van der Waals surface area (Å²) in [6, 6.07) is 2.15. The number of amides is 1. The number of hydrogen-bond acceptors (Lipinski definition) is 3. The second-order valence-corrected chi connectivity index (χ2v) is 6.30. The largest absolute Gasteiger partial charge is 0.337 e. The van der Waals surface area contributed by atoms with Crippen molar-refractivity contribution in [1.82, 2.24) is 10.2 Å². The minimum absolute atomic E-state index is 0.248. The van der Waals surface area contributed by atoms with Crippen molar-refractivity contribution >= 4 is 17.2 Å². The number of nitrogens with zero attached hydrogens (tertiary/aromatic N) is 1. The molecule has 0 spiro atoms. The van der Waals surface area contributed by atoms with E-state index in [-0.39, 0.29) is 5.91 Å². The Hall–Kier alpha value is -0.870. The third-order valence-corrected chi connectivity index (χ3v) is 5.06. The topological polar surface area (TPSA) is 32.3 Å². The van der Waals surface area contributed by atoms with Gasteiger partial charge < -0.3 is 10.2 Å². The number of carbonyl (C=O) groups is 1. The molecule has 0 atom stereocenters. The van der Waals surface area contributed by atoms with Crippen LogP contribution in [-0.2, 0) is 12.8 Å². The highest BCUT2D eigenvalue weighted by Gasteiger charge is 2.21. The third-order valence-electron chi connectivity index (χ3n) is 3.83. The Bertz CT molecular complexity index is 410. The van der Waals surface area contributed by atoms with Gasteiger partial charge in [-0.1, -0.05) is 0 Å². The predicted molar refractivity (Wildman–Crippen MR) is 74.4 cm³/mol. The van der Waals surface area contributed by atoms with Crippen LogP contribution >= 0.6 is 11.3 Å². The van der Waals surface area contributed by atoms with Crippen LogP contribution < -0.4 is 5.32 Å². The first-order valence-electron chi connectivity index (χ1n) is 6.96. The Kier molecular flexibility index (Phi) is 3.66. The molecule has 1 fully saturated rings. The van der Waals surface area contributed by atoms with Crippen LogP contribution in [-0.4, -0.2) is 37.0 Å². The number of rotatable bonds is 1. The van der Waals surface area contributed by atoms with E-state index >= 15 is 0 Å². The van der Waals surface area contributed by atoms with Crippen molar-refractivity contribution in [3.63, 3.8) is 0 Å². The van der Waals surface area contributed by atoms with Crippen molar-refractivity contribution in [3.05, 3.63) is 21.4 Å². The number of nitrogens with one attached hydrogen (secondary N) is 1. The predicted octanol–water partition coefficient (Wildman–Crippen LogP) is 2.06. The molecule has 0 saturated carbocycles. The summed E-state index contributed by atoms with van der Waals surface area (Å²) in [4.78, 5) is 16.9. The Balaban J connectivity index is 1.76. The van der Waals surface area contributed by atoms with E-state index in [0.29, 0.717) is 0 Å². The highest BCUT2D eigenvalue weighted by molar-refractivity contribution is 7.14. The summed E-state index contributed by atoms with van der Waals surface area (Å²) < 4.78 is 0. The lowest BCUT2D eigenvalue weighted by Crippen LogP contribution is -2.33. The van der Waals surface area contributed by atoms with Gasteiger partial charge in [0.25, 0.3) is 5.91 Å². The summed E-state index contributed by atoms with van der Waals surface area (Å²) in [5, 5.41) is 3.34. The lowest BCUT2D eigenvalue weighted by Gasteiger charge is -2.18. The van der Waals surface area contributed by atoms with Crippen molar-refractivity contribution < 1.29 is 4.79 Å². The zero-order chi connectivity index (χ0) is 12.4. The van der Waals surface area contributed by atoms with Crippen LogP contribution in [0.25, 0.3) is 0 Å². The van der Waals surface area contributed by atoms with Crippen LogP contribution in [0.4, 0.5) is 0 Å². The third kappa shape index (κ3) is 2.45. The van der Waals surface area contributed by atoms with Gasteiger partial charge in [-0.05, 0) is 50.3 Å². The average molecular weight is 264 g/mol. The zero-order valence-corrected chi connectivity index (χ0v) is 11.5. The molecule has 1 aliphatic heterocycles. The quantitative estimate of drug-likeness (QED) is 0.842. The summed E-state index contributed by atoms with van der Waals surface area (Å²) in [7, 11) is 0. The maximum atomic E-state index is 12.5. The van der Waals surface area contributed by atoms with E-state index in [1.54, 1.807) is 11.3 Å². The molecule has 1 amide bonds. The second-order valence-electron chi connectivity index (χ2n) is 5.16. The molecule has 98 valence electrons. The number of carbonyl (C=O) groups excluding carboxylic acids is 1. The Morgan fingerprint density at radius 1 is 1.17 bits per heavy atom. The summed E-state index contributed by atoms with van der Waals surface area (Å²) >= 11 is 1.73. The lowest BCUT2D eigenvalue weighted by molar-refractivity contribution is 0.0771.